The van der Waals surface area contributed by atoms with Crippen LogP contribution in [-0.2, 0) is 0 Å². The Kier molecular flexibility index (Phi) is 3.66. The largest absolute Gasteiger partial charge is 0.494 e. The van der Waals surface area contributed by atoms with Crippen LogP contribution in [0.4, 0.5) is 21.6 Å². The van der Waals surface area contributed by atoms with Crippen LogP contribution in [0.5, 0.6) is 5.75 Å². The smallest absolute Gasteiger partial charge is 0.153 e. The number of nitrogen functional groups attached to an aromatic ring is 1. The Labute approximate surface area is 112 Å². The Morgan fingerprint density at radius 2 is 2.17 bits per heavy atom. The molecule has 0 aliphatic rings. The van der Waals surface area contributed by atoms with Gasteiger partial charge in [0.05, 0.1) is 18.5 Å². The molecular weight excluding hydrogens is 301 g/mol. The van der Waals surface area contributed by atoms with Crippen LogP contribution in [0.15, 0.2) is 34.9 Å². The van der Waals surface area contributed by atoms with Gasteiger partial charge in [0.15, 0.2) is 5.82 Å². The van der Waals surface area contributed by atoms with Crippen molar-refractivity contribution in [2.75, 3.05) is 18.2 Å². The minimum absolute atomic E-state index is 0.367. The summed E-state index contributed by atoms with van der Waals surface area (Å²) in [6.45, 7) is 0. The van der Waals surface area contributed by atoms with E-state index in [0.29, 0.717) is 22.9 Å². The number of ether oxygens (including phenoxy) is 1. The first kappa shape index (κ1) is 12.6. The van der Waals surface area contributed by atoms with E-state index in [0.717, 1.165) is 4.47 Å². The van der Waals surface area contributed by atoms with Gasteiger partial charge in [0, 0.05) is 16.7 Å². The molecule has 0 atom stereocenters. The van der Waals surface area contributed by atoms with Gasteiger partial charge < -0.3 is 15.8 Å². The Morgan fingerprint density at radius 1 is 1.39 bits per heavy atom. The van der Waals surface area contributed by atoms with Crippen molar-refractivity contribution in [3.8, 4) is 5.75 Å². The molecule has 94 valence electrons. The molecule has 1 heterocycles. The number of hydrogen-bond acceptors (Lipinski definition) is 4. The molecule has 2 rings (SSSR count). The topological polar surface area (TPSA) is 60.2 Å². The molecule has 0 aliphatic carbocycles. The highest BCUT2D eigenvalue weighted by Crippen LogP contribution is 2.30. The van der Waals surface area contributed by atoms with Gasteiger partial charge in [-0.2, -0.15) is 0 Å². The predicted octanol–water partition coefficient (Wildman–Crippen LogP) is 3.32. The summed E-state index contributed by atoms with van der Waals surface area (Å²) in [6.07, 6.45) is 1.62. The van der Waals surface area contributed by atoms with Crippen LogP contribution >= 0.6 is 15.9 Å². The van der Waals surface area contributed by atoms with Gasteiger partial charge in [0.2, 0.25) is 0 Å². The van der Waals surface area contributed by atoms with Gasteiger partial charge in [-0.3, -0.25) is 0 Å². The third kappa shape index (κ3) is 2.70. The van der Waals surface area contributed by atoms with Crippen molar-refractivity contribution < 1.29 is 9.13 Å². The highest BCUT2D eigenvalue weighted by molar-refractivity contribution is 9.10. The molecule has 1 aromatic carbocycles. The second kappa shape index (κ2) is 5.22. The van der Waals surface area contributed by atoms with Crippen LogP contribution in [0.25, 0.3) is 0 Å². The van der Waals surface area contributed by atoms with Crippen molar-refractivity contribution in [3.05, 3.63) is 40.8 Å². The summed E-state index contributed by atoms with van der Waals surface area (Å²) in [6, 6.07) is 5.92. The number of rotatable bonds is 3. The van der Waals surface area contributed by atoms with E-state index in [2.05, 4.69) is 26.2 Å². The highest BCUT2D eigenvalue weighted by Gasteiger charge is 2.07. The fraction of sp³-hybridized carbons (Fsp3) is 0.0833. The van der Waals surface area contributed by atoms with Crippen LogP contribution < -0.4 is 15.8 Å². The normalized spacial score (nSPS) is 10.2. The molecule has 0 bridgehead atoms. The molecule has 2 aromatic rings. The summed E-state index contributed by atoms with van der Waals surface area (Å²) < 4.78 is 18.9. The van der Waals surface area contributed by atoms with E-state index >= 15 is 0 Å². The van der Waals surface area contributed by atoms with Crippen molar-refractivity contribution >= 4 is 33.1 Å². The summed E-state index contributed by atoms with van der Waals surface area (Å²) in [5, 5.41) is 3.00. The third-order valence-corrected chi connectivity index (χ3v) is 2.73. The first-order chi connectivity index (χ1) is 8.60. The maximum absolute atomic E-state index is 13.1. The molecule has 0 aliphatic heterocycles. The van der Waals surface area contributed by atoms with Crippen molar-refractivity contribution in [1.29, 1.82) is 0 Å². The van der Waals surface area contributed by atoms with Gasteiger partial charge >= 0.3 is 0 Å². The number of pyridine rings is 1. The Bertz CT molecular complexity index is 577. The van der Waals surface area contributed by atoms with Gasteiger partial charge in [-0.05, 0) is 34.1 Å². The minimum atomic E-state index is -0.367. The first-order valence-electron chi connectivity index (χ1n) is 5.11. The molecule has 4 nitrogen and oxygen atoms in total. The van der Waals surface area contributed by atoms with E-state index in [1.807, 2.05) is 0 Å². The third-order valence-electron chi connectivity index (χ3n) is 2.30. The van der Waals surface area contributed by atoms with Gasteiger partial charge in [-0.1, -0.05) is 0 Å². The number of anilines is 3. The lowest BCUT2D eigenvalue weighted by Crippen LogP contribution is -2.01. The van der Waals surface area contributed by atoms with Gasteiger partial charge in [0.1, 0.15) is 11.6 Å². The number of aromatic nitrogens is 1. The van der Waals surface area contributed by atoms with Gasteiger partial charge in [0.25, 0.3) is 0 Å². The van der Waals surface area contributed by atoms with Crippen molar-refractivity contribution in [2.45, 2.75) is 0 Å². The zero-order valence-corrected chi connectivity index (χ0v) is 11.2. The van der Waals surface area contributed by atoms with Crippen LogP contribution in [0.1, 0.15) is 0 Å². The Balaban J connectivity index is 2.33. The quantitative estimate of drug-likeness (QED) is 0.913. The number of nitrogens with one attached hydrogen (secondary N) is 1. The van der Waals surface area contributed by atoms with Crippen molar-refractivity contribution in [3.63, 3.8) is 0 Å². The summed E-state index contributed by atoms with van der Waals surface area (Å²) in [4.78, 5) is 4.14. The molecule has 0 spiro atoms. The molecule has 0 unspecified atom stereocenters. The number of nitrogens with zero attached hydrogens (tertiary/aromatic N) is 1. The van der Waals surface area contributed by atoms with E-state index in [1.54, 1.807) is 18.3 Å². The molecule has 0 saturated carbocycles. The van der Waals surface area contributed by atoms with Crippen LogP contribution in [0, 0.1) is 5.82 Å². The molecule has 0 fully saturated rings. The number of hydrogen-bond donors (Lipinski definition) is 2. The highest BCUT2D eigenvalue weighted by atomic mass is 79.9. The molecule has 18 heavy (non-hydrogen) atoms. The monoisotopic (exact) mass is 311 g/mol. The lowest BCUT2D eigenvalue weighted by molar-refractivity contribution is 0.413. The number of nitrogens with two attached hydrogens (primary N) is 1. The average molecular weight is 312 g/mol. The second-order valence-corrected chi connectivity index (χ2v) is 4.48. The summed E-state index contributed by atoms with van der Waals surface area (Å²) in [5.41, 5.74) is 6.90. The van der Waals surface area contributed by atoms with E-state index in [9.17, 15) is 4.39 Å². The fourth-order valence-electron chi connectivity index (χ4n) is 1.46. The second-order valence-electron chi connectivity index (χ2n) is 3.56. The van der Waals surface area contributed by atoms with E-state index < -0.39 is 0 Å². The summed E-state index contributed by atoms with van der Waals surface area (Å²) >= 11 is 3.27. The molecule has 1 aromatic heterocycles. The van der Waals surface area contributed by atoms with E-state index in [4.69, 9.17) is 10.5 Å². The predicted molar refractivity (Wildman–Crippen MR) is 72.6 cm³/mol. The van der Waals surface area contributed by atoms with E-state index in [1.165, 1.54) is 19.2 Å². The van der Waals surface area contributed by atoms with Crippen LogP contribution in [0.3, 0.4) is 0 Å². The minimum Gasteiger partial charge on any atom is -0.494 e. The van der Waals surface area contributed by atoms with Gasteiger partial charge in [-0.15, -0.1) is 0 Å². The number of methoxy groups -OCH3 is 1. The molecule has 0 radical (unpaired) electrons. The molecule has 0 saturated heterocycles. The van der Waals surface area contributed by atoms with Crippen LogP contribution in [0.2, 0.25) is 0 Å². The zero-order valence-electron chi connectivity index (χ0n) is 9.58. The standard InChI is InChI=1S/C12H11BrFN3O/c1-18-11-5-8(14)2-3-10(11)17-12-9(15)4-7(13)6-16-12/h2-6H,15H2,1H3,(H,16,17). The maximum Gasteiger partial charge on any atom is 0.153 e. The van der Waals surface area contributed by atoms with Gasteiger partial charge in [-0.25, -0.2) is 9.37 Å². The maximum atomic E-state index is 13.1. The molecule has 0 amide bonds. The van der Waals surface area contributed by atoms with Crippen molar-refractivity contribution in [1.82, 2.24) is 4.98 Å². The zero-order chi connectivity index (χ0) is 13.1. The first-order valence-corrected chi connectivity index (χ1v) is 5.91. The molecular formula is C12H11BrFN3O. The summed E-state index contributed by atoms with van der Waals surface area (Å²) in [5.74, 6) is 0.511. The SMILES string of the molecule is COc1cc(F)ccc1Nc1ncc(Br)cc1N. The van der Waals surface area contributed by atoms with Crippen molar-refractivity contribution in [2.24, 2.45) is 0 Å². The Morgan fingerprint density at radius 3 is 2.83 bits per heavy atom. The number of halogens is 2. The lowest BCUT2D eigenvalue weighted by atomic mass is 10.2. The van der Waals surface area contributed by atoms with E-state index in [-0.39, 0.29) is 5.82 Å². The molecule has 3 N–H and O–H groups in total. The summed E-state index contributed by atoms with van der Waals surface area (Å²) in [7, 11) is 1.47. The molecule has 6 heteroatoms. The lowest BCUT2D eigenvalue weighted by Gasteiger charge is -2.12. The number of benzene rings is 1. The average Bonchev–Trinajstić information content (AvgIpc) is 2.34. The Hall–Kier alpha value is -1.82. The fourth-order valence-corrected chi connectivity index (χ4v) is 1.80. The van der Waals surface area contributed by atoms with Crippen LogP contribution in [-0.4, -0.2) is 12.1 Å².